The third-order valence-electron chi connectivity index (χ3n) is 6.79. The third-order valence-corrected chi connectivity index (χ3v) is 7.05. The molecule has 3 aliphatic rings. The number of fused-ring (bicyclic) bond motifs is 3. The predicted molar refractivity (Wildman–Crippen MR) is 135 cm³/mol. The lowest BCUT2D eigenvalue weighted by Crippen LogP contribution is -2.51. The van der Waals surface area contributed by atoms with Gasteiger partial charge in [0.25, 0.3) is 0 Å². The summed E-state index contributed by atoms with van der Waals surface area (Å²) in [5.41, 5.74) is 2.03. The molecule has 5 rings (SSSR count). The molecule has 3 atom stereocenters. The predicted octanol–water partition coefficient (Wildman–Crippen LogP) is 3.04. The molecule has 2 N–H and O–H groups in total. The molecule has 182 valence electrons. The van der Waals surface area contributed by atoms with Crippen LogP contribution in [0.25, 0.3) is 0 Å². The van der Waals surface area contributed by atoms with Crippen LogP contribution in [0.1, 0.15) is 43.2 Å². The quantitative estimate of drug-likeness (QED) is 0.628. The smallest absolute Gasteiger partial charge is 0.231 e. The second-order valence-corrected chi connectivity index (χ2v) is 9.81. The number of carbonyl (C=O) groups excluding carboxylic acids is 2. The summed E-state index contributed by atoms with van der Waals surface area (Å²) in [5.74, 6) is 1.76. The fourth-order valence-electron chi connectivity index (χ4n) is 4.85. The van der Waals surface area contributed by atoms with E-state index in [1.165, 1.54) is 6.33 Å². The van der Waals surface area contributed by atoms with Gasteiger partial charge in [0.05, 0.1) is 5.92 Å². The SMILES string of the molecule is CC(C)NC[C@@H](C(=O)N1CCN(c2ncnc3c2[C@@H]2C[C@@H]2C(=O)N3)CC1)c1ccc(Cl)cc1.Cl. The van der Waals surface area contributed by atoms with E-state index in [4.69, 9.17) is 11.6 Å². The molecule has 0 radical (unpaired) electrons. The second-order valence-electron chi connectivity index (χ2n) is 9.38. The monoisotopic (exact) mass is 504 g/mol. The van der Waals surface area contributed by atoms with Gasteiger partial charge in [-0.3, -0.25) is 9.59 Å². The van der Waals surface area contributed by atoms with Gasteiger partial charge in [-0.25, -0.2) is 9.97 Å². The maximum absolute atomic E-state index is 13.5. The standard InChI is InChI=1S/C24H29ClN6O2.ClH/c1-14(2)26-12-19(15-3-5-16(25)6-4-15)24(33)31-9-7-30(8-10-31)22-20-17-11-18(17)23(32)29-21(20)27-13-28-22;/h3-6,13-14,17-19,26H,7-12H2,1-2H3,(H,27,28,29,32);1H/t17-,18+,19-;/m1./s1. The first-order valence-corrected chi connectivity index (χ1v) is 12.0. The molecule has 0 spiro atoms. The molecule has 1 aromatic heterocycles. The Labute approximate surface area is 210 Å². The van der Waals surface area contributed by atoms with E-state index in [0.717, 1.165) is 23.4 Å². The molecule has 1 aromatic carbocycles. The highest BCUT2D eigenvalue weighted by atomic mass is 35.5. The number of nitrogens with one attached hydrogen (secondary N) is 2. The molecule has 3 heterocycles. The van der Waals surface area contributed by atoms with Gasteiger partial charge in [0.2, 0.25) is 11.8 Å². The highest BCUT2D eigenvalue weighted by Crippen LogP contribution is 2.55. The van der Waals surface area contributed by atoms with Gasteiger partial charge in [0.1, 0.15) is 18.0 Å². The van der Waals surface area contributed by atoms with Crippen LogP contribution in [-0.4, -0.2) is 65.4 Å². The number of amides is 2. The van der Waals surface area contributed by atoms with Crippen LogP contribution in [0.4, 0.5) is 11.6 Å². The lowest BCUT2D eigenvalue weighted by molar-refractivity contribution is -0.133. The van der Waals surface area contributed by atoms with Crippen LogP contribution in [0, 0.1) is 5.92 Å². The van der Waals surface area contributed by atoms with Gasteiger partial charge in [-0.05, 0) is 24.1 Å². The van der Waals surface area contributed by atoms with Gasteiger partial charge in [0.15, 0.2) is 0 Å². The van der Waals surface area contributed by atoms with Gasteiger partial charge >= 0.3 is 0 Å². The van der Waals surface area contributed by atoms with Crippen LogP contribution in [0.2, 0.25) is 5.02 Å². The van der Waals surface area contributed by atoms with Crippen molar-refractivity contribution in [3.63, 3.8) is 0 Å². The molecule has 10 heteroatoms. The lowest BCUT2D eigenvalue weighted by atomic mass is 9.96. The number of hydrogen-bond donors (Lipinski definition) is 2. The molecule has 34 heavy (non-hydrogen) atoms. The number of rotatable bonds is 6. The van der Waals surface area contributed by atoms with Crippen LogP contribution in [0.5, 0.6) is 0 Å². The molecule has 2 amide bonds. The van der Waals surface area contributed by atoms with E-state index in [0.29, 0.717) is 49.6 Å². The minimum absolute atomic E-state index is 0. The summed E-state index contributed by atoms with van der Waals surface area (Å²) in [7, 11) is 0. The number of aromatic nitrogens is 2. The fourth-order valence-corrected chi connectivity index (χ4v) is 4.97. The molecule has 1 aliphatic carbocycles. The van der Waals surface area contributed by atoms with Crippen molar-refractivity contribution in [2.45, 2.75) is 38.1 Å². The Morgan fingerprint density at radius 2 is 1.85 bits per heavy atom. The third kappa shape index (κ3) is 4.85. The lowest BCUT2D eigenvalue weighted by Gasteiger charge is -2.38. The molecule has 2 fully saturated rings. The number of halogens is 2. The Hall–Kier alpha value is -2.42. The summed E-state index contributed by atoms with van der Waals surface area (Å²) in [6.45, 7) is 7.40. The normalized spacial score (nSPS) is 21.8. The van der Waals surface area contributed by atoms with Crippen LogP contribution in [0.3, 0.4) is 0 Å². The first-order valence-electron chi connectivity index (χ1n) is 11.6. The highest BCUT2D eigenvalue weighted by molar-refractivity contribution is 6.30. The van der Waals surface area contributed by atoms with Crippen molar-refractivity contribution >= 4 is 47.5 Å². The molecule has 2 aliphatic heterocycles. The zero-order chi connectivity index (χ0) is 23.1. The molecular formula is C24H30Cl2N6O2. The van der Waals surface area contributed by atoms with Crippen LogP contribution in [-0.2, 0) is 9.59 Å². The second kappa shape index (κ2) is 10.1. The Morgan fingerprint density at radius 1 is 1.15 bits per heavy atom. The number of nitrogens with zero attached hydrogens (tertiary/aromatic N) is 4. The summed E-state index contributed by atoms with van der Waals surface area (Å²) in [6.07, 6.45) is 2.38. The van der Waals surface area contributed by atoms with Gasteiger partial charge in [0, 0.05) is 61.2 Å². The molecule has 2 aromatic rings. The van der Waals surface area contributed by atoms with Crippen molar-refractivity contribution < 1.29 is 9.59 Å². The van der Waals surface area contributed by atoms with Crippen molar-refractivity contribution in [1.29, 1.82) is 0 Å². The minimum atomic E-state index is -0.259. The van der Waals surface area contributed by atoms with Crippen LogP contribution >= 0.6 is 24.0 Å². The van der Waals surface area contributed by atoms with Crippen molar-refractivity contribution in [3.8, 4) is 0 Å². The van der Waals surface area contributed by atoms with Gasteiger partial charge < -0.3 is 20.4 Å². The van der Waals surface area contributed by atoms with Gasteiger partial charge in [-0.1, -0.05) is 37.6 Å². The molecule has 8 nitrogen and oxygen atoms in total. The van der Waals surface area contributed by atoms with Crippen molar-refractivity contribution in [2.75, 3.05) is 42.9 Å². The van der Waals surface area contributed by atoms with E-state index in [-0.39, 0.29) is 42.0 Å². The number of carbonyl (C=O) groups is 2. The molecule has 1 saturated carbocycles. The average molecular weight is 505 g/mol. The maximum atomic E-state index is 13.5. The first kappa shape index (κ1) is 24.7. The highest BCUT2D eigenvalue weighted by Gasteiger charge is 2.51. The van der Waals surface area contributed by atoms with E-state index in [9.17, 15) is 9.59 Å². The maximum Gasteiger partial charge on any atom is 0.231 e. The number of anilines is 2. The molecule has 1 saturated heterocycles. The summed E-state index contributed by atoms with van der Waals surface area (Å²) in [4.78, 5) is 38.6. The molecule has 0 unspecified atom stereocenters. The minimum Gasteiger partial charge on any atom is -0.353 e. The average Bonchev–Trinajstić information content (AvgIpc) is 3.62. The summed E-state index contributed by atoms with van der Waals surface area (Å²) >= 11 is 6.07. The van der Waals surface area contributed by atoms with E-state index >= 15 is 0 Å². The molecule has 0 bridgehead atoms. The largest absolute Gasteiger partial charge is 0.353 e. The van der Waals surface area contributed by atoms with Crippen molar-refractivity contribution in [3.05, 3.63) is 46.7 Å². The Kier molecular flexibility index (Phi) is 7.31. The Bertz CT molecular complexity index is 1060. The zero-order valence-corrected chi connectivity index (χ0v) is 20.9. The van der Waals surface area contributed by atoms with E-state index in [2.05, 4.69) is 39.3 Å². The number of piperazine rings is 1. The van der Waals surface area contributed by atoms with Gasteiger partial charge in [-0.15, -0.1) is 12.4 Å². The summed E-state index contributed by atoms with van der Waals surface area (Å²) < 4.78 is 0. The molecular weight excluding hydrogens is 475 g/mol. The zero-order valence-electron chi connectivity index (χ0n) is 19.3. The van der Waals surface area contributed by atoms with Crippen LogP contribution in [0.15, 0.2) is 30.6 Å². The number of benzene rings is 1. The number of hydrogen-bond acceptors (Lipinski definition) is 6. The first-order chi connectivity index (χ1) is 15.9. The van der Waals surface area contributed by atoms with Crippen LogP contribution < -0.4 is 15.5 Å². The fraction of sp³-hybridized carbons (Fsp3) is 0.500. The summed E-state index contributed by atoms with van der Waals surface area (Å²) in [5, 5.41) is 7.00. The van der Waals surface area contributed by atoms with Crippen molar-refractivity contribution in [2.24, 2.45) is 5.92 Å². The topological polar surface area (TPSA) is 90.5 Å². The van der Waals surface area contributed by atoms with Gasteiger partial charge in [-0.2, -0.15) is 0 Å². The van der Waals surface area contributed by atoms with E-state index in [1.54, 1.807) is 0 Å². The Morgan fingerprint density at radius 3 is 2.53 bits per heavy atom. The van der Waals surface area contributed by atoms with E-state index in [1.807, 2.05) is 29.2 Å². The van der Waals surface area contributed by atoms with E-state index < -0.39 is 0 Å². The summed E-state index contributed by atoms with van der Waals surface area (Å²) in [6, 6.07) is 7.85. The van der Waals surface area contributed by atoms with Crippen molar-refractivity contribution in [1.82, 2.24) is 20.2 Å². The Balaban J connectivity index is 0.00000274.